The molecule has 8 atom stereocenters. The minimum Gasteiger partial charge on any atom is -0.481 e. The van der Waals surface area contributed by atoms with E-state index in [-0.39, 0.29) is 48.3 Å². The first-order valence-corrected chi connectivity index (χ1v) is 12.9. The second kappa shape index (κ2) is 7.29. The van der Waals surface area contributed by atoms with E-state index in [1.54, 1.807) is 0 Å². The SMILES string of the molecule is CC(C)[C@]1(O)C[C@@H]2O[C@]23[C@]2(O[C@H]2CC2C4=C(CC[C@@]23C)C(=O)OC4)[C@@H]1OC(=O)CCCCC(=O)O. The van der Waals surface area contributed by atoms with Crippen LogP contribution in [0.25, 0.3) is 0 Å². The van der Waals surface area contributed by atoms with E-state index < -0.39 is 34.8 Å². The Hall–Kier alpha value is -1.97. The average molecular weight is 491 g/mol. The van der Waals surface area contributed by atoms with Gasteiger partial charge < -0.3 is 29.2 Å². The molecule has 2 saturated carbocycles. The van der Waals surface area contributed by atoms with Gasteiger partial charge in [0.1, 0.15) is 17.8 Å². The van der Waals surface area contributed by atoms with Crippen molar-refractivity contribution in [1.29, 1.82) is 0 Å². The van der Waals surface area contributed by atoms with Gasteiger partial charge >= 0.3 is 17.9 Å². The molecule has 9 heteroatoms. The molecule has 0 radical (unpaired) electrons. The summed E-state index contributed by atoms with van der Waals surface area (Å²) in [6.07, 6.45) is 1.95. The number of aliphatic hydroxyl groups is 1. The monoisotopic (exact) mass is 490 g/mol. The summed E-state index contributed by atoms with van der Waals surface area (Å²) in [5, 5.41) is 20.8. The molecule has 6 aliphatic rings. The average Bonchev–Trinajstić information content (AvgIpc) is 3.66. The molecular weight excluding hydrogens is 456 g/mol. The number of carboxylic acids is 1. The fourth-order valence-electron chi connectivity index (χ4n) is 8.11. The van der Waals surface area contributed by atoms with Crippen LogP contribution in [0.1, 0.15) is 72.1 Å². The lowest BCUT2D eigenvalue weighted by Gasteiger charge is -2.56. The molecule has 0 aromatic heterocycles. The fourth-order valence-corrected chi connectivity index (χ4v) is 8.11. The molecule has 9 nitrogen and oxygen atoms in total. The standard InChI is InChI=1S/C26H34O9/c1-13(2)24(31)11-18-26(35-18)23(3)9-8-14-15(12-32-21(14)30)16(23)10-17-25(26,34-17)22(24)33-20(29)7-5-4-6-19(27)28/h13,16-18,22,31H,4-12H2,1-3H3,(H,27,28)/t16?,17-,18-,22+,23-,24+,25+,26+/m0/s1. The molecule has 192 valence electrons. The summed E-state index contributed by atoms with van der Waals surface area (Å²) >= 11 is 0. The Morgan fingerprint density at radius 2 is 1.91 bits per heavy atom. The van der Waals surface area contributed by atoms with Crippen LogP contribution in [0, 0.1) is 17.3 Å². The van der Waals surface area contributed by atoms with Crippen molar-refractivity contribution in [3.05, 3.63) is 11.1 Å². The molecule has 2 spiro atoms. The van der Waals surface area contributed by atoms with E-state index in [0.717, 1.165) is 17.6 Å². The van der Waals surface area contributed by atoms with Crippen molar-refractivity contribution in [2.75, 3.05) is 6.61 Å². The van der Waals surface area contributed by atoms with Crippen LogP contribution in [0.5, 0.6) is 0 Å². The van der Waals surface area contributed by atoms with Gasteiger partial charge in [-0.25, -0.2) is 4.79 Å². The van der Waals surface area contributed by atoms with Gasteiger partial charge in [0, 0.05) is 30.3 Å². The molecule has 0 aromatic carbocycles. The largest absolute Gasteiger partial charge is 0.481 e. The summed E-state index contributed by atoms with van der Waals surface area (Å²) in [6.45, 7) is 6.36. The number of ether oxygens (including phenoxy) is 4. The van der Waals surface area contributed by atoms with Crippen LogP contribution < -0.4 is 0 Å². The molecule has 3 heterocycles. The van der Waals surface area contributed by atoms with E-state index >= 15 is 0 Å². The van der Waals surface area contributed by atoms with Crippen molar-refractivity contribution in [2.45, 2.75) is 107 Å². The predicted molar refractivity (Wildman–Crippen MR) is 119 cm³/mol. The van der Waals surface area contributed by atoms with Gasteiger partial charge in [0.2, 0.25) is 0 Å². The van der Waals surface area contributed by atoms with Gasteiger partial charge in [-0.3, -0.25) is 9.59 Å². The smallest absolute Gasteiger partial charge is 0.334 e. The zero-order chi connectivity index (χ0) is 25.0. The van der Waals surface area contributed by atoms with E-state index in [2.05, 4.69) is 6.92 Å². The molecule has 35 heavy (non-hydrogen) atoms. The van der Waals surface area contributed by atoms with E-state index in [0.29, 0.717) is 38.7 Å². The van der Waals surface area contributed by atoms with Gasteiger partial charge in [-0.2, -0.15) is 0 Å². The highest BCUT2D eigenvalue weighted by Gasteiger charge is 2.95. The molecular formula is C26H34O9. The van der Waals surface area contributed by atoms with E-state index in [4.69, 9.17) is 24.1 Å². The first-order valence-electron chi connectivity index (χ1n) is 12.9. The van der Waals surface area contributed by atoms with Crippen molar-refractivity contribution in [2.24, 2.45) is 17.3 Å². The van der Waals surface area contributed by atoms with Crippen LogP contribution in [0.15, 0.2) is 11.1 Å². The number of fused-ring (bicyclic) bond motifs is 2. The second-order valence-electron chi connectivity index (χ2n) is 11.8. The zero-order valence-electron chi connectivity index (χ0n) is 20.5. The molecule has 2 saturated heterocycles. The number of epoxide rings is 2. The number of cyclic esters (lactones) is 1. The van der Waals surface area contributed by atoms with Gasteiger partial charge in [-0.1, -0.05) is 20.8 Å². The Bertz CT molecular complexity index is 1030. The number of esters is 2. The zero-order valence-corrected chi connectivity index (χ0v) is 20.5. The molecule has 4 fully saturated rings. The molecule has 3 aliphatic heterocycles. The van der Waals surface area contributed by atoms with E-state index in [1.807, 2.05) is 13.8 Å². The summed E-state index contributed by atoms with van der Waals surface area (Å²) in [7, 11) is 0. The maximum Gasteiger partial charge on any atom is 0.334 e. The van der Waals surface area contributed by atoms with Gasteiger partial charge in [0.15, 0.2) is 11.7 Å². The summed E-state index contributed by atoms with van der Waals surface area (Å²) in [5.41, 5.74) is -1.38. The summed E-state index contributed by atoms with van der Waals surface area (Å²) in [5.74, 6) is -1.67. The van der Waals surface area contributed by atoms with Crippen molar-refractivity contribution in [1.82, 2.24) is 0 Å². The number of carboxylic acid groups (broad SMARTS) is 1. The van der Waals surface area contributed by atoms with Crippen molar-refractivity contribution in [3.8, 4) is 0 Å². The molecule has 1 unspecified atom stereocenters. The van der Waals surface area contributed by atoms with Crippen molar-refractivity contribution in [3.63, 3.8) is 0 Å². The van der Waals surface area contributed by atoms with E-state index in [9.17, 15) is 19.5 Å². The minimum absolute atomic E-state index is 0.00416. The normalized spacial score (nSPS) is 46.6. The summed E-state index contributed by atoms with van der Waals surface area (Å²) in [4.78, 5) is 36.0. The van der Waals surface area contributed by atoms with Crippen molar-refractivity contribution < 1.29 is 43.5 Å². The van der Waals surface area contributed by atoms with Gasteiger partial charge in [-0.05, 0) is 49.5 Å². The Morgan fingerprint density at radius 1 is 1.17 bits per heavy atom. The Morgan fingerprint density at radius 3 is 2.63 bits per heavy atom. The highest BCUT2D eigenvalue weighted by atomic mass is 16.7. The first kappa shape index (κ1) is 23.4. The van der Waals surface area contributed by atoms with E-state index in [1.165, 1.54) is 0 Å². The van der Waals surface area contributed by atoms with Gasteiger partial charge in [-0.15, -0.1) is 0 Å². The van der Waals surface area contributed by atoms with Crippen molar-refractivity contribution >= 4 is 17.9 Å². The third kappa shape index (κ3) is 2.83. The van der Waals surface area contributed by atoms with Gasteiger partial charge in [0.05, 0.1) is 12.2 Å². The molecule has 0 aromatic rings. The number of unbranched alkanes of at least 4 members (excludes halogenated alkanes) is 1. The molecule has 0 amide bonds. The second-order valence-corrected chi connectivity index (χ2v) is 11.8. The third-order valence-electron chi connectivity index (χ3n) is 10.1. The Balaban J connectivity index is 1.32. The number of carbonyl (C=O) groups is 3. The van der Waals surface area contributed by atoms with Crippen LogP contribution in [0.4, 0.5) is 0 Å². The third-order valence-corrected chi connectivity index (χ3v) is 10.1. The Labute approximate surface area is 204 Å². The number of hydrogen-bond acceptors (Lipinski definition) is 8. The maximum absolute atomic E-state index is 12.9. The predicted octanol–water partition coefficient (Wildman–Crippen LogP) is 2.28. The van der Waals surface area contributed by atoms with Crippen LogP contribution in [-0.4, -0.2) is 69.8 Å². The highest BCUT2D eigenvalue weighted by molar-refractivity contribution is 5.92. The molecule has 6 rings (SSSR count). The van der Waals surface area contributed by atoms with Crippen LogP contribution in [0.2, 0.25) is 0 Å². The highest BCUT2D eigenvalue weighted by Crippen LogP contribution is 2.80. The van der Waals surface area contributed by atoms with Crippen LogP contribution in [0.3, 0.4) is 0 Å². The number of hydrogen-bond donors (Lipinski definition) is 2. The number of carbonyl (C=O) groups excluding carboxylic acids is 2. The summed E-state index contributed by atoms with van der Waals surface area (Å²) in [6, 6.07) is 0. The Kier molecular flexibility index (Phi) is 4.88. The lowest BCUT2D eigenvalue weighted by molar-refractivity contribution is -0.206. The molecule has 0 bridgehead atoms. The first-order chi connectivity index (χ1) is 16.5. The molecule has 3 aliphatic carbocycles. The number of aliphatic carboxylic acids is 1. The van der Waals surface area contributed by atoms with Crippen LogP contribution in [-0.2, 0) is 33.3 Å². The van der Waals surface area contributed by atoms with Gasteiger partial charge in [0.25, 0.3) is 0 Å². The maximum atomic E-state index is 12.9. The minimum atomic E-state index is -1.30. The lowest BCUT2D eigenvalue weighted by atomic mass is 9.46. The lowest BCUT2D eigenvalue weighted by Crippen LogP contribution is -2.72. The summed E-state index contributed by atoms with van der Waals surface area (Å²) < 4.78 is 24.5. The fraction of sp³-hybridized carbons (Fsp3) is 0.808. The van der Waals surface area contributed by atoms with Crippen LogP contribution >= 0.6 is 0 Å². The molecule has 2 N–H and O–H groups in total. The number of rotatable bonds is 7. The quantitative estimate of drug-likeness (QED) is 0.313. The topological polar surface area (TPSA) is 135 Å².